The molecule has 6 aromatic rings. The van der Waals surface area contributed by atoms with Crippen molar-refractivity contribution in [1.82, 2.24) is 0 Å². The summed E-state index contributed by atoms with van der Waals surface area (Å²) in [4.78, 5) is 0. The number of hydrogen-bond donors (Lipinski definition) is 0. The Morgan fingerprint density at radius 3 is 1.05 bits per heavy atom. The Morgan fingerprint density at radius 2 is 0.781 bits per heavy atom. The zero-order valence-corrected chi connectivity index (χ0v) is 46.9. The molecular formula is C58H72Cl2O2SiZr. The van der Waals surface area contributed by atoms with E-state index in [4.69, 9.17) is 8.83 Å². The number of aryl methyl sites for hydroxylation is 4. The quantitative estimate of drug-likeness (QED) is 0.128. The fourth-order valence-electron chi connectivity index (χ4n) is 11.1. The molecule has 0 spiro atoms. The van der Waals surface area contributed by atoms with Crippen molar-refractivity contribution in [3.05, 3.63) is 163 Å². The zero-order valence-electron chi connectivity index (χ0n) is 41.4. The van der Waals surface area contributed by atoms with Gasteiger partial charge in [-0.3, -0.25) is 0 Å². The van der Waals surface area contributed by atoms with Crippen LogP contribution >= 0.6 is 24.8 Å². The van der Waals surface area contributed by atoms with E-state index in [2.05, 4.69) is 198 Å². The Balaban J connectivity index is 0.00000340. The summed E-state index contributed by atoms with van der Waals surface area (Å²) in [6, 6.07) is 28.7. The van der Waals surface area contributed by atoms with Crippen molar-refractivity contribution < 1.29 is 26.2 Å². The van der Waals surface area contributed by atoms with Gasteiger partial charge in [-0.25, -0.2) is 0 Å². The Morgan fingerprint density at radius 1 is 0.469 bits per heavy atom. The average Bonchev–Trinajstić information content (AvgIpc) is 4.00. The molecule has 0 radical (unpaired) electrons. The SMILES string of the molecule is Cc1ccc(C2=Cc3c(cc(C)c(C)c3-c3cc(C(C)C)cc(C(C)C)c3)[CH]2[Zr]([CH3])([CH3])(=[SiH2])[CH]2C(c3ccc(C)o3)=Cc3c2cc(C)c(C)c3-c2cc(C(C)C)cc(C(C)C)c2)o1.Cl.Cl. The molecule has 0 saturated carbocycles. The van der Waals surface area contributed by atoms with Gasteiger partial charge in [-0.15, -0.1) is 24.8 Å². The van der Waals surface area contributed by atoms with E-state index in [0.29, 0.717) is 23.7 Å². The smallest absolute Gasteiger partial charge is 0.147 e. The van der Waals surface area contributed by atoms with Gasteiger partial charge in [0.1, 0.15) is 0 Å². The van der Waals surface area contributed by atoms with Crippen LogP contribution in [0.5, 0.6) is 0 Å². The van der Waals surface area contributed by atoms with E-state index in [-0.39, 0.29) is 32.1 Å². The Hall–Kier alpha value is -3.40. The van der Waals surface area contributed by atoms with Gasteiger partial charge in [-0.1, -0.05) is 0 Å². The fourth-order valence-corrected chi connectivity index (χ4v) is 29.4. The molecule has 0 aliphatic heterocycles. The third-order valence-corrected chi connectivity index (χ3v) is 32.0. The van der Waals surface area contributed by atoms with Gasteiger partial charge in [0.25, 0.3) is 0 Å². The molecule has 0 bridgehead atoms. The molecule has 4 aromatic carbocycles. The molecule has 2 aromatic heterocycles. The van der Waals surface area contributed by atoms with Crippen LogP contribution in [0.1, 0.15) is 176 Å². The standard InChI is InChI=1S/2C28H31O.2CH3.2ClH.H2Si.Zr/c2*1-16(2)21-11-22(17(3)4)13-25(12-21)28-20(7)18(5)10-23-14-24(15-26(23)28)27-9-8-19(6)29-27;;;;;;/h2*8-17H,1-7H3;2*1H3;2*1H;1H2;. The Labute approximate surface area is 400 Å². The minimum atomic E-state index is -4.34. The van der Waals surface area contributed by atoms with E-state index in [9.17, 15) is 0 Å². The van der Waals surface area contributed by atoms with Crippen LogP contribution in [0.25, 0.3) is 45.6 Å². The van der Waals surface area contributed by atoms with Gasteiger partial charge in [-0.2, -0.15) is 0 Å². The monoisotopic (exact) mass is 988 g/mol. The molecule has 2 aliphatic carbocycles. The van der Waals surface area contributed by atoms with Gasteiger partial charge in [0, 0.05) is 0 Å². The number of furan rings is 2. The molecule has 2 atom stereocenters. The van der Waals surface area contributed by atoms with Crippen LogP contribution in [0.3, 0.4) is 0 Å². The van der Waals surface area contributed by atoms with Crippen molar-refractivity contribution in [2.45, 2.75) is 137 Å². The second kappa shape index (κ2) is 18.0. The third-order valence-electron chi connectivity index (χ3n) is 14.8. The van der Waals surface area contributed by atoms with Crippen LogP contribution in [0.2, 0.25) is 9.26 Å². The summed E-state index contributed by atoms with van der Waals surface area (Å²) in [7, 11) is 0. The van der Waals surface area contributed by atoms with Gasteiger partial charge in [-0.05, 0) is 0 Å². The maximum atomic E-state index is 6.73. The molecule has 338 valence electrons. The summed E-state index contributed by atoms with van der Waals surface area (Å²) in [5.74, 6) is 5.65. The van der Waals surface area contributed by atoms with Crippen molar-refractivity contribution in [3.8, 4) is 22.3 Å². The van der Waals surface area contributed by atoms with Crippen LogP contribution in [-0.4, -0.2) is 6.88 Å². The molecule has 2 nitrogen and oxygen atoms in total. The van der Waals surface area contributed by atoms with Gasteiger partial charge < -0.3 is 0 Å². The summed E-state index contributed by atoms with van der Waals surface area (Å²) in [6.45, 7) is 34.6. The van der Waals surface area contributed by atoms with Gasteiger partial charge >= 0.3 is 378 Å². The molecule has 0 N–H and O–H groups in total. The van der Waals surface area contributed by atoms with Crippen LogP contribution in [-0.2, 0) is 17.4 Å². The van der Waals surface area contributed by atoms with E-state index in [1.54, 1.807) is 0 Å². The summed E-state index contributed by atoms with van der Waals surface area (Å²) in [5, 5.41) is 0. The van der Waals surface area contributed by atoms with Crippen LogP contribution < -0.4 is 0 Å². The summed E-state index contributed by atoms with van der Waals surface area (Å²) in [6.07, 6.45) is 5.11. The third kappa shape index (κ3) is 8.57. The van der Waals surface area contributed by atoms with Gasteiger partial charge in [0.05, 0.1) is 0 Å². The van der Waals surface area contributed by atoms with E-state index in [1.165, 1.54) is 100 Å². The molecular weight excluding hydrogens is 919 g/mol. The predicted octanol–water partition coefficient (Wildman–Crippen LogP) is 17.6. The van der Waals surface area contributed by atoms with E-state index in [0.717, 1.165) is 23.0 Å². The number of hydrogen-bond acceptors (Lipinski definition) is 2. The molecule has 0 fully saturated rings. The molecule has 2 unspecified atom stereocenters. The minimum Gasteiger partial charge on any atom is -0.147 e. The first-order valence-electron chi connectivity index (χ1n) is 23.3. The molecule has 64 heavy (non-hydrogen) atoms. The number of benzene rings is 4. The maximum absolute atomic E-state index is 6.73. The van der Waals surface area contributed by atoms with E-state index < -0.39 is 17.4 Å². The van der Waals surface area contributed by atoms with Crippen LogP contribution in [0, 0.1) is 41.5 Å². The molecule has 8 rings (SSSR count). The fraction of sp³-hybridized carbons (Fsp3) is 0.379. The second-order valence-corrected chi connectivity index (χ2v) is 52.1. The normalized spacial score (nSPS) is 16.0. The summed E-state index contributed by atoms with van der Waals surface area (Å²) < 4.78 is 19.4. The zero-order chi connectivity index (χ0) is 44.9. The van der Waals surface area contributed by atoms with Gasteiger partial charge in [0.15, 0.2) is 0 Å². The molecule has 0 amide bonds. The molecule has 6 heteroatoms. The van der Waals surface area contributed by atoms with Crippen molar-refractivity contribution in [2.75, 3.05) is 0 Å². The van der Waals surface area contributed by atoms with Crippen LogP contribution in [0.15, 0.2) is 81.6 Å². The first kappa shape index (κ1) is 50.0. The first-order valence-corrected chi connectivity index (χ1v) is 36.9. The van der Waals surface area contributed by atoms with E-state index >= 15 is 0 Å². The molecule has 2 heterocycles. The number of allylic oxidation sites excluding steroid dienone is 2. The number of fused-ring (bicyclic) bond motifs is 2. The topological polar surface area (TPSA) is 26.3 Å². The van der Waals surface area contributed by atoms with Crippen molar-refractivity contribution in [1.29, 1.82) is 0 Å². The maximum Gasteiger partial charge on any atom is -0.147 e. The summed E-state index contributed by atoms with van der Waals surface area (Å²) >= 11 is -4.34. The largest absolute Gasteiger partial charge is 0.147 e. The van der Waals surface area contributed by atoms with E-state index in [1.807, 2.05) is 0 Å². The van der Waals surface area contributed by atoms with Crippen molar-refractivity contribution in [3.63, 3.8) is 0 Å². The van der Waals surface area contributed by atoms with Crippen LogP contribution in [0.4, 0.5) is 0 Å². The summed E-state index contributed by atoms with van der Waals surface area (Å²) in [5.41, 5.74) is 24.9. The number of halogens is 2. The van der Waals surface area contributed by atoms with Gasteiger partial charge in [0.2, 0.25) is 0 Å². The second-order valence-electron chi connectivity index (χ2n) is 21.6. The molecule has 0 saturated heterocycles. The Bertz CT molecular complexity index is 2680. The first-order chi connectivity index (χ1) is 29.0. The van der Waals surface area contributed by atoms with Crippen molar-refractivity contribution in [2.24, 2.45) is 0 Å². The average molecular weight is 991 g/mol. The number of rotatable bonds is 10. The Kier molecular flexibility index (Phi) is 14.1. The predicted molar refractivity (Wildman–Crippen MR) is 282 cm³/mol. The molecule has 2 aliphatic rings. The van der Waals surface area contributed by atoms with Crippen molar-refractivity contribution >= 4 is 55.0 Å². The minimum absolute atomic E-state index is 0.